The van der Waals surface area contributed by atoms with E-state index in [2.05, 4.69) is 10.6 Å². The van der Waals surface area contributed by atoms with E-state index >= 15 is 0 Å². The molecule has 0 saturated heterocycles. The first-order valence-corrected chi connectivity index (χ1v) is 8.14. The van der Waals surface area contributed by atoms with Crippen molar-refractivity contribution in [1.29, 1.82) is 0 Å². The molecule has 0 spiro atoms. The van der Waals surface area contributed by atoms with Crippen molar-refractivity contribution in [3.63, 3.8) is 0 Å². The summed E-state index contributed by atoms with van der Waals surface area (Å²) in [6.45, 7) is 0.0329. The molecule has 0 fully saturated rings. The van der Waals surface area contributed by atoms with Gasteiger partial charge in [-0.15, -0.1) is 0 Å². The zero-order chi connectivity index (χ0) is 19.1. The lowest BCUT2D eigenvalue weighted by molar-refractivity contribution is 0.175. The molecule has 1 atom stereocenters. The van der Waals surface area contributed by atoms with Gasteiger partial charge in [-0.3, -0.25) is 0 Å². The third-order valence-electron chi connectivity index (χ3n) is 3.68. The summed E-state index contributed by atoms with van der Waals surface area (Å²) in [4.78, 5) is 12.1. The average Bonchev–Trinajstić information content (AvgIpc) is 2.67. The Hall–Kier alpha value is -2.64. The summed E-state index contributed by atoms with van der Waals surface area (Å²) in [5.74, 6) is 1.48. The highest BCUT2D eigenvalue weighted by Gasteiger charge is 2.14. The van der Waals surface area contributed by atoms with Gasteiger partial charge in [0.25, 0.3) is 0 Å². The average molecular weight is 381 g/mol. The summed E-state index contributed by atoms with van der Waals surface area (Å²) >= 11 is 6.03. The lowest BCUT2D eigenvalue weighted by Gasteiger charge is -2.15. The van der Waals surface area contributed by atoms with Crippen LogP contribution in [-0.2, 0) is 0 Å². The lowest BCUT2D eigenvalue weighted by atomic mass is 10.1. The van der Waals surface area contributed by atoms with Gasteiger partial charge in [-0.1, -0.05) is 23.7 Å². The molecule has 140 valence electrons. The zero-order valence-electron chi connectivity index (χ0n) is 14.7. The van der Waals surface area contributed by atoms with E-state index < -0.39 is 12.1 Å². The van der Waals surface area contributed by atoms with Crippen LogP contribution in [0.3, 0.4) is 0 Å². The molecule has 0 bridgehead atoms. The third kappa shape index (κ3) is 4.93. The highest BCUT2D eigenvalue weighted by atomic mass is 35.5. The molecule has 2 rings (SSSR count). The maximum atomic E-state index is 12.1. The van der Waals surface area contributed by atoms with E-state index in [1.165, 1.54) is 14.2 Å². The Kier molecular flexibility index (Phi) is 6.94. The monoisotopic (exact) mass is 380 g/mol. The van der Waals surface area contributed by atoms with Crippen molar-refractivity contribution in [2.24, 2.45) is 0 Å². The number of hydrogen-bond acceptors (Lipinski definition) is 5. The first-order chi connectivity index (χ1) is 12.5. The van der Waals surface area contributed by atoms with Gasteiger partial charge in [0.15, 0.2) is 0 Å². The van der Waals surface area contributed by atoms with E-state index in [1.807, 2.05) is 0 Å². The maximum absolute atomic E-state index is 12.1. The minimum absolute atomic E-state index is 0.0329. The molecule has 7 nitrogen and oxygen atoms in total. The molecule has 0 aliphatic rings. The predicted octanol–water partition coefficient (Wildman–Crippen LogP) is 3.22. The van der Waals surface area contributed by atoms with E-state index in [4.69, 9.17) is 25.8 Å². The van der Waals surface area contributed by atoms with Crippen LogP contribution in [0, 0.1) is 0 Å². The normalized spacial score (nSPS) is 11.4. The van der Waals surface area contributed by atoms with Crippen LogP contribution in [0.25, 0.3) is 0 Å². The number of amides is 2. The van der Waals surface area contributed by atoms with E-state index in [9.17, 15) is 9.90 Å². The Morgan fingerprint density at radius 1 is 1.08 bits per heavy atom. The number of aliphatic hydroxyl groups excluding tert-OH is 1. The topological polar surface area (TPSA) is 89.1 Å². The van der Waals surface area contributed by atoms with Gasteiger partial charge in [-0.05, 0) is 17.7 Å². The van der Waals surface area contributed by atoms with Gasteiger partial charge in [-0.25, -0.2) is 4.79 Å². The van der Waals surface area contributed by atoms with E-state index in [1.54, 1.807) is 43.5 Å². The molecular weight excluding hydrogens is 360 g/mol. The number of methoxy groups -OCH3 is 3. The van der Waals surface area contributed by atoms with Crippen molar-refractivity contribution in [3.8, 4) is 17.2 Å². The largest absolute Gasteiger partial charge is 0.497 e. The predicted molar refractivity (Wildman–Crippen MR) is 99.5 cm³/mol. The molecule has 2 amide bonds. The number of aliphatic hydroxyl groups is 1. The van der Waals surface area contributed by atoms with Crippen LogP contribution in [0.2, 0.25) is 5.02 Å². The summed E-state index contributed by atoms with van der Waals surface area (Å²) in [7, 11) is 4.51. The van der Waals surface area contributed by atoms with Gasteiger partial charge in [0.2, 0.25) is 0 Å². The molecule has 0 unspecified atom stereocenters. The van der Waals surface area contributed by atoms with Crippen LogP contribution in [-0.4, -0.2) is 39.0 Å². The van der Waals surface area contributed by atoms with Gasteiger partial charge in [0.05, 0.1) is 38.1 Å². The molecule has 3 N–H and O–H groups in total. The highest BCUT2D eigenvalue weighted by molar-refractivity contribution is 6.32. The maximum Gasteiger partial charge on any atom is 0.319 e. The fourth-order valence-corrected chi connectivity index (χ4v) is 2.49. The number of benzene rings is 2. The lowest BCUT2D eigenvalue weighted by Crippen LogP contribution is -2.32. The summed E-state index contributed by atoms with van der Waals surface area (Å²) in [6, 6.07) is 9.54. The minimum Gasteiger partial charge on any atom is -0.497 e. The number of carbonyl (C=O) groups excluding carboxylic acids is 1. The fourth-order valence-electron chi connectivity index (χ4n) is 2.26. The van der Waals surface area contributed by atoms with Crippen molar-refractivity contribution in [2.45, 2.75) is 6.10 Å². The van der Waals surface area contributed by atoms with Crippen LogP contribution in [0.5, 0.6) is 17.2 Å². The second kappa shape index (κ2) is 9.17. The number of urea groups is 1. The van der Waals surface area contributed by atoms with Gasteiger partial charge in [0.1, 0.15) is 17.2 Å². The summed E-state index contributed by atoms with van der Waals surface area (Å²) in [5.41, 5.74) is 1.06. The van der Waals surface area contributed by atoms with Gasteiger partial charge in [-0.2, -0.15) is 0 Å². The molecule has 8 heteroatoms. The molecule has 2 aromatic carbocycles. The quantitative estimate of drug-likeness (QED) is 0.686. The third-order valence-corrected chi connectivity index (χ3v) is 3.97. The number of nitrogens with one attached hydrogen (secondary N) is 2. The number of rotatable bonds is 7. The van der Waals surface area contributed by atoms with Crippen LogP contribution >= 0.6 is 11.6 Å². The van der Waals surface area contributed by atoms with E-state index in [0.717, 1.165) is 0 Å². The van der Waals surface area contributed by atoms with Gasteiger partial charge >= 0.3 is 6.03 Å². The summed E-state index contributed by atoms with van der Waals surface area (Å²) in [5, 5.41) is 15.8. The molecule has 0 aromatic heterocycles. The number of hydrogen-bond donors (Lipinski definition) is 3. The molecule has 0 radical (unpaired) electrons. The van der Waals surface area contributed by atoms with Crippen molar-refractivity contribution >= 4 is 23.3 Å². The molecule has 0 heterocycles. The first kappa shape index (κ1) is 19.7. The van der Waals surface area contributed by atoms with Crippen LogP contribution in [0.4, 0.5) is 10.5 Å². The Morgan fingerprint density at radius 3 is 2.31 bits per heavy atom. The molecular formula is C18H21ClN2O5. The number of carbonyl (C=O) groups is 1. The zero-order valence-corrected chi connectivity index (χ0v) is 15.5. The standard InChI is InChI=1S/C18H21ClN2O5/c1-24-12-6-4-11(5-7-12)15(22)10-20-18(23)21-14-9-16(25-2)13(19)8-17(14)26-3/h4-9,15,22H,10H2,1-3H3,(H2,20,21,23)/t15-/m1/s1. The first-order valence-electron chi connectivity index (χ1n) is 7.76. The van der Waals surface area contributed by atoms with Crippen molar-refractivity contribution in [3.05, 3.63) is 47.0 Å². The molecule has 2 aromatic rings. The van der Waals surface area contributed by atoms with Crippen LogP contribution in [0.15, 0.2) is 36.4 Å². The molecule has 0 saturated carbocycles. The summed E-state index contributed by atoms with van der Waals surface area (Å²) in [6.07, 6.45) is -0.853. The summed E-state index contributed by atoms with van der Waals surface area (Å²) < 4.78 is 15.4. The Morgan fingerprint density at radius 2 is 1.73 bits per heavy atom. The highest BCUT2D eigenvalue weighted by Crippen LogP contribution is 2.35. The van der Waals surface area contributed by atoms with E-state index in [0.29, 0.717) is 33.5 Å². The SMILES string of the molecule is COc1ccc([C@H](O)CNC(=O)Nc2cc(OC)c(Cl)cc2OC)cc1. The van der Waals surface area contributed by atoms with Crippen LogP contribution < -0.4 is 24.8 Å². The van der Waals surface area contributed by atoms with E-state index in [-0.39, 0.29) is 6.54 Å². The molecule has 26 heavy (non-hydrogen) atoms. The van der Waals surface area contributed by atoms with Gasteiger partial charge < -0.3 is 30.0 Å². The minimum atomic E-state index is -0.853. The smallest absolute Gasteiger partial charge is 0.319 e. The fraction of sp³-hybridized carbons (Fsp3) is 0.278. The number of halogens is 1. The van der Waals surface area contributed by atoms with Crippen molar-refractivity contribution in [2.75, 3.05) is 33.2 Å². The second-order valence-corrected chi connectivity index (χ2v) is 5.72. The Balaban J connectivity index is 1.97. The Labute approximate surface area is 156 Å². The second-order valence-electron chi connectivity index (χ2n) is 5.31. The van der Waals surface area contributed by atoms with Gasteiger partial charge in [0, 0.05) is 18.7 Å². The molecule has 0 aliphatic heterocycles. The van der Waals surface area contributed by atoms with Crippen molar-refractivity contribution < 1.29 is 24.1 Å². The van der Waals surface area contributed by atoms with Crippen LogP contribution in [0.1, 0.15) is 11.7 Å². The van der Waals surface area contributed by atoms with Crippen molar-refractivity contribution in [1.82, 2.24) is 5.32 Å². The Bertz CT molecular complexity index is 752. The number of ether oxygens (including phenoxy) is 3. The number of anilines is 1. The molecule has 0 aliphatic carbocycles.